The Kier molecular flexibility index (Phi) is 10.4. The topological polar surface area (TPSA) is 96.0 Å². The summed E-state index contributed by atoms with van der Waals surface area (Å²) in [5, 5.41) is 3.07. The number of sulfonamides is 1. The number of ether oxygens (including phenoxy) is 1. The molecule has 8 nitrogen and oxygen atoms in total. The molecule has 0 aliphatic carbocycles. The van der Waals surface area contributed by atoms with Gasteiger partial charge in [0.25, 0.3) is 10.0 Å². The number of aryl methyl sites for hydroxylation is 1. The smallest absolute Gasteiger partial charge is 0.264 e. The van der Waals surface area contributed by atoms with Crippen molar-refractivity contribution in [1.29, 1.82) is 0 Å². The molecule has 0 heterocycles. The van der Waals surface area contributed by atoms with Crippen LogP contribution in [0.1, 0.15) is 31.4 Å². The van der Waals surface area contributed by atoms with Crippen molar-refractivity contribution in [1.82, 2.24) is 10.2 Å². The molecular formula is C29H34ClN3O5S. The third kappa shape index (κ3) is 7.10. The minimum absolute atomic E-state index is 0.000972. The van der Waals surface area contributed by atoms with Gasteiger partial charge in [0.05, 0.1) is 17.7 Å². The third-order valence-corrected chi connectivity index (χ3v) is 8.37. The molecule has 2 amide bonds. The number of hydrogen-bond donors (Lipinski definition) is 1. The van der Waals surface area contributed by atoms with Crippen LogP contribution in [0.25, 0.3) is 0 Å². The lowest BCUT2D eigenvalue weighted by atomic mass is 10.1. The van der Waals surface area contributed by atoms with E-state index in [2.05, 4.69) is 5.32 Å². The molecule has 0 spiro atoms. The molecule has 208 valence electrons. The Balaban J connectivity index is 2.13. The lowest BCUT2D eigenvalue weighted by Crippen LogP contribution is -2.52. The van der Waals surface area contributed by atoms with Crippen molar-refractivity contribution in [2.75, 3.05) is 24.5 Å². The van der Waals surface area contributed by atoms with E-state index in [0.29, 0.717) is 13.0 Å². The van der Waals surface area contributed by atoms with Crippen molar-refractivity contribution in [2.45, 2.75) is 44.7 Å². The molecule has 3 aromatic carbocycles. The van der Waals surface area contributed by atoms with E-state index in [1.165, 1.54) is 30.2 Å². The molecule has 0 aromatic heterocycles. The normalized spacial score (nSPS) is 11.9. The summed E-state index contributed by atoms with van der Waals surface area (Å²) in [6, 6.07) is 19.2. The second kappa shape index (κ2) is 13.5. The monoisotopic (exact) mass is 571 g/mol. The number of amides is 2. The summed E-state index contributed by atoms with van der Waals surface area (Å²) in [6.45, 7) is 5.50. The predicted molar refractivity (Wildman–Crippen MR) is 153 cm³/mol. The van der Waals surface area contributed by atoms with E-state index in [0.717, 1.165) is 15.4 Å². The van der Waals surface area contributed by atoms with Crippen LogP contribution in [0.5, 0.6) is 5.75 Å². The number of methoxy groups -OCH3 is 1. The van der Waals surface area contributed by atoms with Gasteiger partial charge in [-0.3, -0.25) is 13.9 Å². The van der Waals surface area contributed by atoms with Gasteiger partial charge in [-0.25, -0.2) is 8.42 Å². The van der Waals surface area contributed by atoms with E-state index in [-0.39, 0.29) is 33.8 Å². The van der Waals surface area contributed by atoms with Crippen LogP contribution in [-0.4, -0.2) is 51.4 Å². The minimum atomic E-state index is -4.23. The molecule has 0 saturated heterocycles. The van der Waals surface area contributed by atoms with E-state index in [1.54, 1.807) is 37.3 Å². The first-order chi connectivity index (χ1) is 18.6. The highest BCUT2D eigenvalue weighted by Gasteiger charge is 2.34. The summed E-state index contributed by atoms with van der Waals surface area (Å²) in [5.74, 6) is -0.620. The van der Waals surface area contributed by atoms with E-state index in [1.807, 2.05) is 38.1 Å². The van der Waals surface area contributed by atoms with Gasteiger partial charge in [-0.1, -0.05) is 61.0 Å². The van der Waals surface area contributed by atoms with E-state index in [4.69, 9.17) is 16.3 Å². The van der Waals surface area contributed by atoms with Crippen molar-refractivity contribution in [3.05, 3.63) is 88.9 Å². The first-order valence-corrected chi connectivity index (χ1v) is 14.5. The molecule has 0 bridgehead atoms. The maximum atomic E-state index is 14.1. The number of halogens is 1. The summed E-state index contributed by atoms with van der Waals surface area (Å²) >= 11 is 6.26. The number of carbonyl (C=O) groups excluding carboxylic acids is 2. The fourth-order valence-electron chi connectivity index (χ4n) is 4.27. The van der Waals surface area contributed by atoms with Gasteiger partial charge in [0, 0.05) is 18.1 Å². The van der Waals surface area contributed by atoms with Crippen LogP contribution in [0.3, 0.4) is 0 Å². The van der Waals surface area contributed by atoms with Crippen molar-refractivity contribution in [2.24, 2.45) is 0 Å². The Morgan fingerprint density at radius 3 is 2.28 bits per heavy atom. The minimum Gasteiger partial charge on any atom is -0.495 e. The Hall–Kier alpha value is -3.56. The molecule has 0 aliphatic heterocycles. The summed E-state index contributed by atoms with van der Waals surface area (Å²) < 4.78 is 34.3. The van der Waals surface area contributed by atoms with Gasteiger partial charge in [-0.05, 0) is 61.7 Å². The summed E-state index contributed by atoms with van der Waals surface area (Å²) in [6.07, 6.45) is 0.343. The number of nitrogens with zero attached hydrogens (tertiary/aromatic N) is 2. The van der Waals surface area contributed by atoms with Crippen LogP contribution >= 0.6 is 11.6 Å². The molecule has 0 radical (unpaired) electrons. The van der Waals surface area contributed by atoms with Crippen LogP contribution in [0.4, 0.5) is 5.69 Å². The van der Waals surface area contributed by atoms with Crippen molar-refractivity contribution >= 4 is 39.1 Å². The zero-order chi connectivity index (χ0) is 28.6. The number of carbonyl (C=O) groups is 2. The largest absolute Gasteiger partial charge is 0.495 e. The van der Waals surface area contributed by atoms with Crippen molar-refractivity contribution in [3.8, 4) is 5.75 Å². The molecule has 0 fully saturated rings. The number of benzene rings is 3. The van der Waals surface area contributed by atoms with Gasteiger partial charge >= 0.3 is 0 Å². The number of anilines is 1. The molecule has 1 atom stereocenters. The Morgan fingerprint density at radius 1 is 1.00 bits per heavy atom. The second-order valence-corrected chi connectivity index (χ2v) is 11.2. The maximum Gasteiger partial charge on any atom is 0.264 e. The molecule has 0 unspecified atom stereocenters. The molecule has 3 aromatic rings. The maximum absolute atomic E-state index is 14.1. The quantitative estimate of drug-likeness (QED) is 0.337. The zero-order valence-electron chi connectivity index (χ0n) is 22.6. The van der Waals surface area contributed by atoms with Crippen molar-refractivity contribution < 1.29 is 22.7 Å². The molecule has 1 N–H and O–H groups in total. The SMILES string of the molecule is CCNC(=O)[C@H](CC)N(Cc1ccccc1C)C(=O)CN(c1cc(Cl)ccc1OC)S(=O)(=O)c1ccccc1. The molecule has 39 heavy (non-hydrogen) atoms. The van der Waals surface area contributed by atoms with Crippen LogP contribution in [0.15, 0.2) is 77.7 Å². The van der Waals surface area contributed by atoms with E-state index in [9.17, 15) is 18.0 Å². The van der Waals surface area contributed by atoms with Gasteiger partial charge < -0.3 is 15.0 Å². The van der Waals surface area contributed by atoms with Crippen LogP contribution in [0.2, 0.25) is 5.02 Å². The summed E-state index contributed by atoms with van der Waals surface area (Å²) in [5.41, 5.74) is 1.92. The Labute approximate surface area is 235 Å². The summed E-state index contributed by atoms with van der Waals surface area (Å²) in [4.78, 5) is 28.6. The highest BCUT2D eigenvalue weighted by Crippen LogP contribution is 2.35. The van der Waals surface area contributed by atoms with Crippen LogP contribution in [0, 0.1) is 6.92 Å². The standard InChI is InChI=1S/C29H34ClN3O5S/c1-5-25(29(35)31-6-2)32(19-22-13-11-10-12-21(22)3)28(34)20-33(26-18-23(30)16-17-27(26)38-4)39(36,37)24-14-8-7-9-15-24/h7-18,25H,5-6,19-20H2,1-4H3,(H,31,35)/t25-/m0/s1. The highest BCUT2D eigenvalue weighted by atomic mass is 35.5. The van der Waals surface area contributed by atoms with Gasteiger partial charge in [0.1, 0.15) is 18.3 Å². The van der Waals surface area contributed by atoms with Gasteiger partial charge in [-0.2, -0.15) is 0 Å². The highest BCUT2D eigenvalue weighted by molar-refractivity contribution is 7.92. The van der Waals surface area contributed by atoms with Gasteiger partial charge in [0.15, 0.2) is 0 Å². The predicted octanol–water partition coefficient (Wildman–Crippen LogP) is 4.80. The fraction of sp³-hybridized carbons (Fsp3) is 0.310. The first kappa shape index (κ1) is 30.0. The molecule has 0 aliphatic rings. The Morgan fingerprint density at radius 2 is 1.67 bits per heavy atom. The Bertz CT molecular complexity index is 1400. The molecular weight excluding hydrogens is 538 g/mol. The number of nitrogens with one attached hydrogen (secondary N) is 1. The van der Waals surface area contributed by atoms with E-state index >= 15 is 0 Å². The number of hydrogen-bond acceptors (Lipinski definition) is 5. The average Bonchev–Trinajstić information content (AvgIpc) is 2.93. The van der Waals surface area contributed by atoms with Gasteiger partial charge in [-0.15, -0.1) is 0 Å². The fourth-order valence-corrected chi connectivity index (χ4v) is 5.88. The van der Waals surface area contributed by atoms with E-state index < -0.39 is 28.5 Å². The van der Waals surface area contributed by atoms with Crippen LogP contribution in [-0.2, 0) is 26.2 Å². The first-order valence-electron chi connectivity index (χ1n) is 12.7. The zero-order valence-corrected chi connectivity index (χ0v) is 24.1. The molecule has 0 saturated carbocycles. The second-order valence-electron chi connectivity index (χ2n) is 8.91. The van der Waals surface area contributed by atoms with Crippen LogP contribution < -0.4 is 14.4 Å². The molecule has 10 heteroatoms. The number of rotatable bonds is 12. The lowest BCUT2D eigenvalue weighted by molar-refractivity contribution is -0.140. The molecule has 3 rings (SSSR count). The third-order valence-electron chi connectivity index (χ3n) is 6.36. The van der Waals surface area contributed by atoms with Gasteiger partial charge in [0.2, 0.25) is 11.8 Å². The summed E-state index contributed by atoms with van der Waals surface area (Å²) in [7, 11) is -2.82. The lowest BCUT2D eigenvalue weighted by Gasteiger charge is -2.33. The van der Waals surface area contributed by atoms with Crippen molar-refractivity contribution in [3.63, 3.8) is 0 Å². The average molecular weight is 572 g/mol. The number of likely N-dealkylation sites (N-methyl/N-ethyl adjacent to an activating group) is 1.